The molecule has 0 saturated carbocycles. The molecule has 0 aromatic carbocycles. The molecular formula is C8H10N2O2. The van der Waals surface area contributed by atoms with Crippen LogP contribution < -0.4 is 0 Å². The maximum atomic E-state index is 9.20. The fourth-order valence-electron chi connectivity index (χ4n) is 0.670. The lowest BCUT2D eigenvalue weighted by atomic mass is 10.3. The zero-order valence-electron chi connectivity index (χ0n) is 6.77. The lowest BCUT2D eigenvalue weighted by Crippen LogP contribution is -1.88. The molecule has 1 heterocycles. The van der Waals surface area contributed by atoms with Crippen LogP contribution in [-0.4, -0.2) is 22.9 Å². The highest BCUT2D eigenvalue weighted by Gasteiger charge is 1.95. The van der Waals surface area contributed by atoms with Gasteiger partial charge in [0.05, 0.1) is 6.21 Å². The van der Waals surface area contributed by atoms with Gasteiger partial charge < -0.3 is 9.94 Å². The average Bonchev–Trinajstić information content (AvgIpc) is 2.09. The second-order valence-corrected chi connectivity index (χ2v) is 2.06. The van der Waals surface area contributed by atoms with E-state index in [9.17, 15) is 5.11 Å². The normalized spacial score (nSPS) is 10.4. The number of hydrogen-bond acceptors (Lipinski definition) is 4. The van der Waals surface area contributed by atoms with Gasteiger partial charge in [-0.1, -0.05) is 5.16 Å². The molecule has 0 aliphatic carbocycles. The Morgan fingerprint density at radius 1 is 1.75 bits per heavy atom. The van der Waals surface area contributed by atoms with Crippen molar-refractivity contribution in [3.8, 4) is 5.75 Å². The SMILES string of the molecule is CCO/N=C/c1ncccc1O. The molecule has 0 unspecified atom stereocenters. The van der Waals surface area contributed by atoms with Crippen LogP contribution >= 0.6 is 0 Å². The summed E-state index contributed by atoms with van der Waals surface area (Å²) in [6.07, 6.45) is 2.95. The minimum absolute atomic E-state index is 0.0981. The number of aromatic nitrogens is 1. The highest BCUT2D eigenvalue weighted by molar-refractivity contribution is 5.79. The van der Waals surface area contributed by atoms with Crippen LogP contribution in [0, 0.1) is 0 Å². The molecule has 0 spiro atoms. The number of pyridine rings is 1. The van der Waals surface area contributed by atoms with E-state index in [0.29, 0.717) is 12.3 Å². The summed E-state index contributed by atoms with van der Waals surface area (Å²) in [6.45, 7) is 2.33. The molecule has 1 N–H and O–H groups in total. The van der Waals surface area contributed by atoms with E-state index >= 15 is 0 Å². The summed E-state index contributed by atoms with van der Waals surface area (Å²) in [7, 11) is 0. The van der Waals surface area contributed by atoms with Crippen molar-refractivity contribution in [3.05, 3.63) is 24.0 Å². The van der Waals surface area contributed by atoms with E-state index in [4.69, 9.17) is 4.84 Å². The minimum Gasteiger partial charge on any atom is -0.506 e. The molecule has 0 bridgehead atoms. The van der Waals surface area contributed by atoms with Gasteiger partial charge in [-0.15, -0.1) is 0 Å². The molecular weight excluding hydrogens is 156 g/mol. The Morgan fingerprint density at radius 2 is 2.58 bits per heavy atom. The smallest absolute Gasteiger partial charge is 0.142 e. The molecule has 0 radical (unpaired) electrons. The quantitative estimate of drug-likeness (QED) is 0.541. The lowest BCUT2D eigenvalue weighted by Gasteiger charge is -1.95. The van der Waals surface area contributed by atoms with Gasteiger partial charge in [-0.25, -0.2) is 0 Å². The van der Waals surface area contributed by atoms with Crippen molar-refractivity contribution < 1.29 is 9.94 Å². The fourth-order valence-corrected chi connectivity index (χ4v) is 0.670. The van der Waals surface area contributed by atoms with E-state index in [1.165, 1.54) is 6.21 Å². The molecule has 0 aliphatic rings. The van der Waals surface area contributed by atoms with E-state index in [-0.39, 0.29) is 5.75 Å². The van der Waals surface area contributed by atoms with Crippen molar-refractivity contribution in [2.45, 2.75) is 6.92 Å². The van der Waals surface area contributed by atoms with Crippen molar-refractivity contribution in [3.63, 3.8) is 0 Å². The van der Waals surface area contributed by atoms with Crippen molar-refractivity contribution in [2.24, 2.45) is 5.16 Å². The Kier molecular flexibility index (Phi) is 3.07. The van der Waals surface area contributed by atoms with Gasteiger partial charge in [-0.2, -0.15) is 0 Å². The first-order valence-corrected chi connectivity index (χ1v) is 3.64. The van der Waals surface area contributed by atoms with Crippen LogP contribution in [0.5, 0.6) is 5.75 Å². The van der Waals surface area contributed by atoms with Crippen LogP contribution in [0.25, 0.3) is 0 Å². The summed E-state index contributed by atoms with van der Waals surface area (Å²) in [6, 6.07) is 3.19. The van der Waals surface area contributed by atoms with E-state index in [0.717, 1.165) is 0 Å². The topological polar surface area (TPSA) is 54.7 Å². The van der Waals surface area contributed by atoms with Crippen LogP contribution in [0.3, 0.4) is 0 Å². The monoisotopic (exact) mass is 166 g/mol. The molecule has 4 nitrogen and oxygen atoms in total. The molecule has 0 fully saturated rings. The van der Waals surface area contributed by atoms with Crippen LogP contribution in [0.1, 0.15) is 12.6 Å². The van der Waals surface area contributed by atoms with Crippen LogP contribution in [0.2, 0.25) is 0 Å². The highest BCUT2D eigenvalue weighted by atomic mass is 16.6. The Labute approximate surface area is 70.5 Å². The first-order chi connectivity index (χ1) is 5.84. The number of hydrogen-bond donors (Lipinski definition) is 1. The van der Waals surface area contributed by atoms with Crippen LogP contribution in [-0.2, 0) is 4.84 Å². The summed E-state index contributed by atoms with van der Waals surface area (Å²) >= 11 is 0. The molecule has 1 rings (SSSR count). The largest absolute Gasteiger partial charge is 0.506 e. The number of aromatic hydroxyl groups is 1. The Bertz CT molecular complexity index is 274. The maximum absolute atomic E-state index is 9.20. The van der Waals surface area contributed by atoms with Crippen molar-refractivity contribution in [1.29, 1.82) is 0 Å². The van der Waals surface area contributed by atoms with Crippen molar-refractivity contribution in [1.82, 2.24) is 4.98 Å². The Morgan fingerprint density at radius 3 is 3.25 bits per heavy atom. The summed E-state index contributed by atoms with van der Waals surface area (Å²) in [5.74, 6) is 0.0981. The number of nitrogens with zero attached hydrogens (tertiary/aromatic N) is 2. The van der Waals surface area contributed by atoms with Crippen molar-refractivity contribution >= 4 is 6.21 Å². The zero-order valence-corrected chi connectivity index (χ0v) is 6.77. The summed E-state index contributed by atoms with van der Waals surface area (Å²) < 4.78 is 0. The average molecular weight is 166 g/mol. The van der Waals surface area contributed by atoms with Gasteiger partial charge in [0.15, 0.2) is 0 Å². The van der Waals surface area contributed by atoms with E-state index < -0.39 is 0 Å². The molecule has 4 heteroatoms. The van der Waals surface area contributed by atoms with Gasteiger partial charge in [0.1, 0.15) is 18.1 Å². The zero-order chi connectivity index (χ0) is 8.81. The lowest BCUT2D eigenvalue weighted by molar-refractivity contribution is 0.160. The second kappa shape index (κ2) is 4.33. The third-order valence-corrected chi connectivity index (χ3v) is 1.19. The Balaban J connectivity index is 2.68. The molecule has 1 aromatic heterocycles. The predicted molar refractivity (Wildman–Crippen MR) is 45.1 cm³/mol. The van der Waals surface area contributed by atoms with Gasteiger partial charge in [-0.05, 0) is 19.1 Å². The third-order valence-electron chi connectivity index (χ3n) is 1.19. The third kappa shape index (κ3) is 2.23. The minimum atomic E-state index is 0.0981. The van der Waals surface area contributed by atoms with E-state index in [1.54, 1.807) is 18.3 Å². The maximum Gasteiger partial charge on any atom is 0.142 e. The van der Waals surface area contributed by atoms with Gasteiger partial charge in [0.25, 0.3) is 0 Å². The van der Waals surface area contributed by atoms with Crippen molar-refractivity contribution in [2.75, 3.05) is 6.61 Å². The molecule has 1 aromatic rings. The van der Waals surface area contributed by atoms with Gasteiger partial charge in [0.2, 0.25) is 0 Å². The number of oxime groups is 1. The fraction of sp³-hybridized carbons (Fsp3) is 0.250. The summed E-state index contributed by atoms with van der Waals surface area (Å²) in [5, 5.41) is 12.8. The molecule has 64 valence electrons. The van der Waals surface area contributed by atoms with Crippen LogP contribution in [0.15, 0.2) is 23.5 Å². The van der Waals surface area contributed by atoms with Crippen LogP contribution in [0.4, 0.5) is 0 Å². The van der Waals surface area contributed by atoms with E-state index in [1.807, 2.05) is 6.92 Å². The van der Waals surface area contributed by atoms with E-state index in [2.05, 4.69) is 10.1 Å². The Hall–Kier alpha value is -1.58. The standard InChI is InChI=1S/C8H10N2O2/c1-2-12-10-6-7-8(11)4-3-5-9-7/h3-6,11H,2H2,1H3/b10-6+. The van der Waals surface area contributed by atoms with Gasteiger partial charge in [0, 0.05) is 6.20 Å². The predicted octanol–water partition coefficient (Wildman–Crippen LogP) is 1.16. The molecule has 0 amide bonds. The first kappa shape index (κ1) is 8.52. The van der Waals surface area contributed by atoms with Gasteiger partial charge in [-0.3, -0.25) is 4.98 Å². The highest BCUT2D eigenvalue weighted by Crippen LogP contribution is 2.09. The number of rotatable bonds is 3. The summed E-state index contributed by atoms with van der Waals surface area (Å²) in [5.41, 5.74) is 0.408. The second-order valence-electron chi connectivity index (χ2n) is 2.06. The molecule has 0 atom stereocenters. The molecule has 0 saturated heterocycles. The first-order valence-electron chi connectivity index (χ1n) is 3.64. The summed E-state index contributed by atoms with van der Waals surface area (Å²) in [4.78, 5) is 8.58. The molecule has 0 aliphatic heterocycles. The van der Waals surface area contributed by atoms with Gasteiger partial charge >= 0.3 is 0 Å². The molecule has 12 heavy (non-hydrogen) atoms.